The Morgan fingerprint density at radius 1 is 0.931 bits per heavy atom. The molecule has 0 aliphatic carbocycles. The lowest BCUT2D eigenvalue weighted by atomic mass is 10.1. The van der Waals surface area contributed by atoms with Crippen molar-refractivity contribution in [3.05, 3.63) is 58.8 Å². The van der Waals surface area contributed by atoms with Crippen molar-refractivity contribution >= 4 is 22.9 Å². The molecule has 0 N–H and O–H groups in total. The molecule has 0 aliphatic rings. The minimum atomic E-state index is -1.49. The van der Waals surface area contributed by atoms with E-state index >= 15 is 0 Å². The number of ether oxygens (including phenoxy) is 2. The molecule has 0 fully saturated rings. The molecular formula is C21H16O8-2. The molecule has 0 saturated heterocycles. The van der Waals surface area contributed by atoms with Crippen LogP contribution < -0.4 is 25.1 Å². The Hall–Kier alpha value is -3.81. The third kappa shape index (κ3) is 4.37. The summed E-state index contributed by atoms with van der Waals surface area (Å²) < 4.78 is 16.4. The number of fused-ring (bicyclic) bond motifs is 1. The van der Waals surface area contributed by atoms with Crippen molar-refractivity contribution in [1.29, 1.82) is 0 Å². The lowest BCUT2D eigenvalue weighted by molar-refractivity contribution is -0.313. The van der Waals surface area contributed by atoms with Gasteiger partial charge in [-0.05, 0) is 13.8 Å². The number of aliphatic carboxylic acids is 2. The van der Waals surface area contributed by atoms with E-state index in [1.54, 1.807) is 24.3 Å². The Kier molecular flexibility index (Phi) is 5.54. The molecule has 1 aromatic heterocycles. The van der Waals surface area contributed by atoms with Crippen LogP contribution in [0.25, 0.3) is 22.3 Å². The molecule has 2 unspecified atom stereocenters. The number of hydrogen-bond donors (Lipinski definition) is 0. The molecule has 0 saturated carbocycles. The zero-order valence-electron chi connectivity index (χ0n) is 15.5. The topological polar surface area (TPSA) is 129 Å². The monoisotopic (exact) mass is 396 g/mol. The van der Waals surface area contributed by atoms with Gasteiger partial charge in [-0.15, -0.1) is 0 Å². The molecule has 150 valence electrons. The van der Waals surface area contributed by atoms with Crippen LogP contribution in [0.2, 0.25) is 0 Å². The molecule has 0 radical (unpaired) electrons. The van der Waals surface area contributed by atoms with Gasteiger partial charge in [-0.1, -0.05) is 30.3 Å². The van der Waals surface area contributed by atoms with Crippen molar-refractivity contribution in [2.75, 3.05) is 0 Å². The number of carboxylic acids is 2. The van der Waals surface area contributed by atoms with Crippen molar-refractivity contribution < 1.29 is 33.7 Å². The molecule has 3 rings (SSSR count). The maximum Gasteiger partial charge on any atom is 0.197 e. The standard InChI is InChI=1S/C21H18O8/c1-11(20(23)24)27-14-8-17(28-12(2)21(25)26)19-15(22)10-16(29-18(19)9-14)13-6-4-3-5-7-13/h3-12H,1-2H3,(H,23,24)(H,25,26)/p-2. The molecular weight excluding hydrogens is 380 g/mol. The van der Waals surface area contributed by atoms with Crippen LogP contribution >= 0.6 is 0 Å². The fourth-order valence-electron chi connectivity index (χ4n) is 2.62. The van der Waals surface area contributed by atoms with Crippen molar-refractivity contribution in [1.82, 2.24) is 0 Å². The quantitative estimate of drug-likeness (QED) is 0.564. The summed E-state index contributed by atoms with van der Waals surface area (Å²) >= 11 is 0. The molecule has 0 bridgehead atoms. The molecule has 2 aromatic carbocycles. The normalized spacial score (nSPS) is 12.9. The molecule has 2 atom stereocenters. The van der Waals surface area contributed by atoms with Gasteiger partial charge in [0.15, 0.2) is 5.43 Å². The van der Waals surface area contributed by atoms with E-state index in [-0.39, 0.29) is 28.2 Å². The van der Waals surface area contributed by atoms with Crippen molar-refractivity contribution in [2.24, 2.45) is 0 Å². The van der Waals surface area contributed by atoms with Crippen molar-refractivity contribution in [3.63, 3.8) is 0 Å². The lowest BCUT2D eigenvalue weighted by Gasteiger charge is -2.19. The summed E-state index contributed by atoms with van der Waals surface area (Å²) in [5.74, 6) is -2.80. The predicted octanol–water partition coefficient (Wildman–Crippen LogP) is 0.494. The van der Waals surface area contributed by atoms with Crippen LogP contribution in [0.3, 0.4) is 0 Å². The van der Waals surface area contributed by atoms with Crippen molar-refractivity contribution in [3.8, 4) is 22.8 Å². The number of carboxylic acid groups (broad SMARTS) is 2. The molecule has 29 heavy (non-hydrogen) atoms. The van der Waals surface area contributed by atoms with Gasteiger partial charge in [-0.2, -0.15) is 0 Å². The highest BCUT2D eigenvalue weighted by molar-refractivity contribution is 5.87. The second-order valence-corrected chi connectivity index (χ2v) is 6.29. The zero-order chi connectivity index (χ0) is 21.1. The Morgan fingerprint density at radius 2 is 1.55 bits per heavy atom. The first-order chi connectivity index (χ1) is 13.8. The second kappa shape index (κ2) is 8.05. The first-order valence-corrected chi connectivity index (χ1v) is 8.68. The first kappa shape index (κ1) is 19.9. The van der Waals surface area contributed by atoms with Crippen LogP contribution in [0.1, 0.15) is 13.8 Å². The molecule has 0 spiro atoms. The van der Waals surface area contributed by atoms with Crippen LogP contribution in [0.15, 0.2) is 57.7 Å². The fourth-order valence-corrected chi connectivity index (χ4v) is 2.62. The summed E-state index contributed by atoms with van der Waals surface area (Å²) in [5.41, 5.74) is 0.219. The summed E-state index contributed by atoms with van der Waals surface area (Å²) in [7, 11) is 0. The maximum atomic E-state index is 12.7. The van der Waals surface area contributed by atoms with Gasteiger partial charge in [-0.3, -0.25) is 4.79 Å². The molecule has 8 nitrogen and oxygen atoms in total. The van der Waals surface area contributed by atoms with Gasteiger partial charge in [0, 0.05) is 23.8 Å². The van der Waals surface area contributed by atoms with Crippen LogP contribution in [-0.2, 0) is 9.59 Å². The van der Waals surface area contributed by atoms with Gasteiger partial charge in [-0.25, -0.2) is 0 Å². The van der Waals surface area contributed by atoms with Crippen LogP contribution in [0.4, 0.5) is 0 Å². The largest absolute Gasteiger partial charge is 0.546 e. The van der Waals surface area contributed by atoms with Gasteiger partial charge in [0.2, 0.25) is 0 Å². The Morgan fingerprint density at radius 3 is 2.17 bits per heavy atom. The van der Waals surface area contributed by atoms with Crippen molar-refractivity contribution in [2.45, 2.75) is 26.1 Å². The van der Waals surface area contributed by atoms with E-state index in [0.717, 1.165) is 0 Å². The Labute approximate surface area is 164 Å². The van der Waals surface area contributed by atoms with E-state index in [9.17, 15) is 24.6 Å². The van der Waals surface area contributed by atoms with E-state index in [1.807, 2.05) is 6.07 Å². The molecule has 0 amide bonds. The fraction of sp³-hybridized carbons (Fsp3) is 0.190. The van der Waals surface area contributed by atoms with Gasteiger partial charge < -0.3 is 33.7 Å². The highest BCUT2D eigenvalue weighted by Crippen LogP contribution is 2.33. The zero-order valence-corrected chi connectivity index (χ0v) is 15.5. The van der Waals surface area contributed by atoms with E-state index in [1.165, 1.54) is 32.0 Å². The summed E-state index contributed by atoms with van der Waals surface area (Å²) in [6.07, 6.45) is -2.68. The Bertz CT molecular complexity index is 1120. The maximum absolute atomic E-state index is 12.7. The third-order valence-electron chi connectivity index (χ3n) is 4.11. The SMILES string of the molecule is CC(Oc1cc(OC(C)C(=O)[O-])c2c(=O)cc(-c3ccccc3)oc2c1)C(=O)[O-]. The Balaban J connectivity index is 2.19. The third-order valence-corrected chi connectivity index (χ3v) is 4.11. The van der Waals surface area contributed by atoms with E-state index in [2.05, 4.69) is 0 Å². The van der Waals surface area contributed by atoms with Gasteiger partial charge in [0.05, 0.1) is 11.9 Å². The lowest BCUT2D eigenvalue weighted by Crippen LogP contribution is -2.37. The number of rotatable bonds is 7. The van der Waals surface area contributed by atoms with Crippen LogP contribution in [0, 0.1) is 0 Å². The van der Waals surface area contributed by atoms with Gasteiger partial charge in [0.1, 0.15) is 40.4 Å². The number of hydrogen-bond acceptors (Lipinski definition) is 8. The number of carbonyl (C=O) groups excluding carboxylic acids is 2. The van der Waals surface area contributed by atoms with Crippen LogP contribution in [0.5, 0.6) is 11.5 Å². The average molecular weight is 396 g/mol. The molecule has 1 heterocycles. The summed E-state index contributed by atoms with van der Waals surface area (Å²) in [6, 6.07) is 12.7. The van der Waals surface area contributed by atoms with Crippen LogP contribution in [-0.4, -0.2) is 24.1 Å². The molecule has 0 aliphatic heterocycles. The van der Waals surface area contributed by atoms with E-state index < -0.39 is 29.6 Å². The highest BCUT2D eigenvalue weighted by atomic mass is 16.5. The summed E-state index contributed by atoms with van der Waals surface area (Å²) in [5, 5.41) is 22.0. The minimum Gasteiger partial charge on any atom is -0.546 e. The summed E-state index contributed by atoms with van der Waals surface area (Å²) in [4.78, 5) is 34.8. The second-order valence-electron chi connectivity index (χ2n) is 6.29. The molecule has 8 heteroatoms. The highest BCUT2D eigenvalue weighted by Gasteiger charge is 2.18. The molecule has 3 aromatic rings. The average Bonchev–Trinajstić information content (AvgIpc) is 2.67. The smallest absolute Gasteiger partial charge is 0.197 e. The predicted molar refractivity (Wildman–Crippen MR) is 98.1 cm³/mol. The minimum absolute atomic E-state index is 0.00288. The van der Waals surface area contributed by atoms with E-state index in [0.29, 0.717) is 5.56 Å². The number of carbonyl (C=O) groups is 2. The van der Waals surface area contributed by atoms with E-state index in [4.69, 9.17) is 13.9 Å². The van der Waals surface area contributed by atoms with Gasteiger partial charge in [0.25, 0.3) is 0 Å². The summed E-state index contributed by atoms with van der Waals surface area (Å²) in [6.45, 7) is 2.50. The first-order valence-electron chi connectivity index (χ1n) is 8.68. The number of benzene rings is 2. The van der Waals surface area contributed by atoms with Gasteiger partial charge >= 0.3 is 0 Å².